The molecule has 0 aliphatic carbocycles. The number of carbonyl (C=O) groups excluding carboxylic acids is 1. The number of rotatable bonds is 6. The Hall–Kier alpha value is -2.64. The zero-order valence-corrected chi connectivity index (χ0v) is 17.2. The Morgan fingerprint density at radius 2 is 1.97 bits per heavy atom. The SMILES string of the molecule is CCNC(=NCC(O)c1ccncc1)N1CCN(Cc2ccc(Cl)cc2)C(=O)C1. The van der Waals surface area contributed by atoms with Crippen molar-refractivity contribution in [1.82, 2.24) is 20.1 Å². The smallest absolute Gasteiger partial charge is 0.242 e. The van der Waals surface area contributed by atoms with Gasteiger partial charge in [-0.25, -0.2) is 0 Å². The number of aliphatic hydroxyl groups excluding tert-OH is 1. The van der Waals surface area contributed by atoms with Gasteiger partial charge in [-0.1, -0.05) is 23.7 Å². The lowest BCUT2D eigenvalue weighted by atomic mass is 10.1. The first-order valence-corrected chi connectivity index (χ1v) is 10.1. The number of guanidine groups is 1. The lowest BCUT2D eigenvalue weighted by Gasteiger charge is -2.36. The summed E-state index contributed by atoms with van der Waals surface area (Å²) < 4.78 is 0. The van der Waals surface area contributed by atoms with Crippen LogP contribution in [-0.2, 0) is 11.3 Å². The van der Waals surface area contributed by atoms with Crippen LogP contribution >= 0.6 is 11.6 Å². The van der Waals surface area contributed by atoms with Gasteiger partial charge < -0.3 is 20.2 Å². The van der Waals surface area contributed by atoms with Crippen LogP contribution < -0.4 is 5.32 Å². The van der Waals surface area contributed by atoms with Crippen molar-refractivity contribution in [3.8, 4) is 0 Å². The van der Waals surface area contributed by atoms with Crippen LogP contribution in [-0.4, -0.2) is 64.5 Å². The Morgan fingerprint density at radius 1 is 1.24 bits per heavy atom. The summed E-state index contributed by atoms with van der Waals surface area (Å²) in [6, 6.07) is 11.1. The van der Waals surface area contributed by atoms with Crippen LogP contribution in [0, 0.1) is 0 Å². The molecule has 1 aromatic heterocycles. The lowest BCUT2D eigenvalue weighted by molar-refractivity contribution is -0.135. The maximum absolute atomic E-state index is 12.7. The van der Waals surface area contributed by atoms with E-state index in [4.69, 9.17) is 11.6 Å². The minimum atomic E-state index is -0.714. The van der Waals surface area contributed by atoms with Crippen molar-refractivity contribution in [2.75, 3.05) is 32.7 Å². The van der Waals surface area contributed by atoms with Crippen LogP contribution in [0.5, 0.6) is 0 Å². The maximum atomic E-state index is 12.7. The number of aliphatic hydroxyl groups is 1. The lowest BCUT2D eigenvalue weighted by Crippen LogP contribution is -2.55. The van der Waals surface area contributed by atoms with E-state index in [0.29, 0.717) is 37.2 Å². The predicted octanol–water partition coefficient (Wildman–Crippen LogP) is 2.08. The Morgan fingerprint density at radius 3 is 2.62 bits per heavy atom. The van der Waals surface area contributed by atoms with Gasteiger partial charge in [-0.3, -0.25) is 14.8 Å². The molecule has 0 saturated carbocycles. The fraction of sp³-hybridized carbons (Fsp3) is 0.381. The Labute approximate surface area is 176 Å². The molecule has 154 valence electrons. The highest BCUT2D eigenvalue weighted by molar-refractivity contribution is 6.30. The van der Waals surface area contributed by atoms with Crippen molar-refractivity contribution in [1.29, 1.82) is 0 Å². The van der Waals surface area contributed by atoms with Gasteiger partial charge in [0.25, 0.3) is 0 Å². The molecule has 2 heterocycles. The number of nitrogens with zero attached hydrogens (tertiary/aromatic N) is 4. The van der Waals surface area contributed by atoms with E-state index < -0.39 is 6.10 Å². The third-order valence-electron chi connectivity index (χ3n) is 4.74. The number of benzene rings is 1. The van der Waals surface area contributed by atoms with Gasteiger partial charge in [0, 0.05) is 43.6 Å². The number of aromatic nitrogens is 1. The third-order valence-corrected chi connectivity index (χ3v) is 5.00. The molecule has 8 heteroatoms. The van der Waals surface area contributed by atoms with E-state index >= 15 is 0 Å². The van der Waals surface area contributed by atoms with E-state index in [1.54, 1.807) is 24.5 Å². The molecule has 1 atom stereocenters. The van der Waals surface area contributed by atoms with Crippen molar-refractivity contribution < 1.29 is 9.90 Å². The van der Waals surface area contributed by atoms with Crippen molar-refractivity contribution >= 4 is 23.5 Å². The Bertz CT molecular complexity index is 829. The second kappa shape index (κ2) is 10.2. The number of halogens is 1. The van der Waals surface area contributed by atoms with Gasteiger partial charge in [0.05, 0.1) is 19.2 Å². The molecule has 1 aliphatic heterocycles. The summed E-state index contributed by atoms with van der Waals surface area (Å²) in [4.78, 5) is 24.9. The monoisotopic (exact) mass is 415 g/mol. The van der Waals surface area contributed by atoms with Crippen molar-refractivity contribution in [2.24, 2.45) is 4.99 Å². The molecule has 1 fully saturated rings. The maximum Gasteiger partial charge on any atom is 0.242 e. The summed E-state index contributed by atoms with van der Waals surface area (Å²) >= 11 is 5.93. The molecule has 1 aromatic carbocycles. The van der Waals surface area contributed by atoms with Crippen molar-refractivity contribution in [3.05, 3.63) is 64.9 Å². The van der Waals surface area contributed by atoms with Gasteiger partial charge in [-0.15, -0.1) is 0 Å². The topological polar surface area (TPSA) is 81.1 Å². The van der Waals surface area contributed by atoms with Crippen molar-refractivity contribution in [3.63, 3.8) is 0 Å². The molecular formula is C21H26ClN5O2. The summed E-state index contributed by atoms with van der Waals surface area (Å²) in [5.74, 6) is 0.687. The first-order chi connectivity index (χ1) is 14.1. The summed E-state index contributed by atoms with van der Waals surface area (Å²) in [7, 11) is 0. The summed E-state index contributed by atoms with van der Waals surface area (Å²) in [5, 5.41) is 14.3. The van der Waals surface area contributed by atoms with Crippen LogP contribution in [0.25, 0.3) is 0 Å². The molecule has 3 rings (SSSR count). The average Bonchev–Trinajstić information content (AvgIpc) is 2.74. The molecule has 29 heavy (non-hydrogen) atoms. The highest BCUT2D eigenvalue weighted by Crippen LogP contribution is 2.15. The van der Waals surface area contributed by atoms with E-state index in [-0.39, 0.29) is 19.0 Å². The fourth-order valence-electron chi connectivity index (χ4n) is 3.16. The quantitative estimate of drug-likeness (QED) is 0.557. The number of piperazine rings is 1. The largest absolute Gasteiger partial charge is 0.386 e. The van der Waals surface area contributed by atoms with Crippen molar-refractivity contribution in [2.45, 2.75) is 19.6 Å². The molecular weight excluding hydrogens is 390 g/mol. The summed E-state index contributed by atoms with van der Waals surface area (Å²) in [5.41, 5.74) is 1.82. The van der Waals surface area contributed by atoms with E-state index in [0.717, 1.165) is 11.1 Å². The molecule has 2 N–H and O–H groups in total. The fourth-order valence-corrected chi connectivity index (χ4v) is 3.28. The van der Waals surface area contributed by atoms with E-state index in [2.05, 4.69) is 15.3 Å². The molecule has 2 aromatic rings. The average molecular weight is 416 g/mol. The second-order valence-electron chi connectivity index (χ2n) is 6.85. The second-order valence-corrected chi connectivity index (χ2v) is 7.29. The third kappa shape index (κ3) is 5.92. The highest BCUT2D eigenvalue weighted by Gasteiger charge is 2.26. The number of carbonyl (C=O) groups is 1. The highest BCUT2D eigenvalue weighted by atomic mass is 35.5. The van der Waals surface area contributed by atoms with Gasteiger partial charge in [-0.05, 0) is 42.3 Å². The van der Waals surface area contributed by atoms with Crippen LogP contribution in [0.1, 0.15) is 24.2 Å². The van der Waals surface area contributed by atoms with Crippen LogP contribution in [0.4, 0.5) is 0 Å². The molecule has 7 nitrogen and oxygen atoms in total. The normalized spacial score (nSPS) is 16.1. The zero-order chi connectivity index (χ0) is 20.6. The molecule has 1 amide bonds. The number of nitrogens with one attached hydrogen (secondary N) is 1. The molecule has 0 radical (unpaired) electrons. The molecule has 0 bridgehead atoms. The van der Waals surface area contributed by atoms with Gasteiger partial charge in [0.2, 0.25) is 5.91 Å². The van der Waals surface area contributed by atoms with Crippen LogP contribution in [0.3, 0.4) is 0 Å². The molecule has 1 unspecified atom stereocenters. The number of aliphatic imine (C=N–C) groups is 1. The first kappa shape index (κ1) is 21.1. The number of hydrogen-bond donors (Lipinski definition) is 2. The van der Waals surface area contributed by atoms with Crippen LogP contribution in [0.2, 0.25) is 5.02 Å². The number of amides is 1. The minimum absolute atomic E-state index is 0.0477. The van der Waals surface area contributed by atoms with E-state index in [9.17, 15) is 9.90 Å². The molecule has 0 spiro atoms. The Balaban J connectivity index is 1.60. The standard InChI is InChI=1S/C21H26ClN5O2/c1-2-24-21(25-13-19(28)17-7-9-23-10-8-17)27-12-11-26(20(29)15-27)14-16-3-5-18(22)6-4-16/h3-10,19,28H,2,11-15H2,1H3,(H,24,25). The summed E-state index contributed by atoms with van der Waals surface area (Å²) in [6.07, 6.45) is 2.58. The number of pyridine rings is 1. The molecule has 1 saturated heterocycles. The first-order valence-electron chi connectivity index (χ1n) is 9.70. The summed E-state index contributed by atoms with van der Waals surface area (Å²) in [6.45, 7) is 4.99. The minimum Gasteiger partial charge on any atom is -0.386 e. The van der Waals surface area contributed by atoms with Gasteiger partial charge in [-0.2, -0.15) is 0 Å². The van der Waals surface area contributed by atoms with E-state index in [1.165, 1.54) is 0 Å². The van der Waals surface area contributed by atoms with Crippen LogP contribution in [0.15, 0.2) is 53.8 Å². The van der Waals surface area contributed by atoms with Gasteiger partial charge in [0.15, 0.2) is 5.96 Å². The number of hydrogen-bond acceptors (Lipinski definition) is 4. The Kier molecular flexibility index (Phi) is 7.43. The van der Waals surface area contributed by atoms with Gasteiger partial charge in [0.1, 0.15) is 0 Å². The predicted molar refractivity (Wildman–Crippen MR) is 114 cm³/mol. The molecule has 1 aliphatic rings. The zero-order valence-electron chi connectivity index (χ0n) is 16.5. The van der Waals surface area contributed by atoms with Gasteiger partial charge >= 0.3 is 0 Å². The van der Waals surface area contributed by atoms with E-state index in [1.807, 2.05) is 41.0 Å².